The predicted molar refractivity (Wildman–Crippen MR) is 72.1 cm³/mol. The van der Waals surface area contributed by atoms with Crippen molar-refractivity contribution < 1.29 is 13.9 Å². The lowest BCUT2D eigenvalue weighted by Crippen LogP contribution is -2.12. The summed E-state index contributed by atoms with van der Waals surface area (Å²) >= 11 is 0. The van der Waals surface area contributed by atoms with Gasteiger partial charge in [0, 0.05) is 11.6 Å². The van der Waals surface area contributed by atoms with Crippen molar-refractivity contribution in [1.29, 1.82) is 5.26 Å². The zero-order valence-corrected chi connectivity index (χ0v) is 10.7. The second-order valence-electron chi connectivity index (χ2n) is 3.99. The molecule has 4 nitrogen and oxygen atoms in total. The van der Waals surface area contributed by atoms with E-state index in [1.54, 1.807) is 12.1 Å². The first-order valence-electron chi connectivity index (χ1n) is 5.79. The maximum absolute atomic E-state index is 13.1. The second kappa shape index (κ2) is 5.85. The summed E-state index contributed by atoms with van der Waals surface area (Å²) in [5.74, 6) is -0.564. The molecule has 0 fully saturated rings. The van der Waals surface area contributed by atoms with Crippen LogP contribution >= 0.6 is 0 Å². The third-order valence-electron chi connectivity index (χ3n) is 2.67. The molecule has 0 saturated heterocycles. The number of hydrogen-bond acceptors (Lipinski definition) is 3. The number of rotatable bonds is 3. The summed E-state index contributed by atoms with van der Waals surface area (Å²) in [5, 5.41) is 11.4. The SMILES string of the molecule is COc1cc(C#N)ccc1NC(=O)c1cccc(F)c1. The van der Waals surface area contributed by atoms with E-state index in [9.17, 15) is 9.18 Å². The summed E-state index contributed by atoms with van der Waals surface area (Å²) in [5.41, 5.74) is 1.04. The third-order valence-corrected chi connectivity index (χ3v) is 2.67. The first-order valence-corrected chi connectivity index (χ1v) is 5.79. The van der Waals surface area contributed by atoms with Gasteiger partial charge in [-0.05, 0) is 30.3 Å². The van der Waals surface area contributed by atoms with Crippen molar-refractivity contribution in [2.45, 2.75) is 0 Å². The minimum atomic E-state index is -0.482. The molecule has 5 heteroatoms. The molecular weight excluding hydrogens is 259 g/mol. The van der Waals surface area contributed by atoms with Crippen LogP contribution < -0.4 is 10.1 Å². The van der Waals surface area contributed by atoms with Crippen LogP contribution in [0.15, 0.2) is 42.5 Å². The number of anilines is 1. The number of ether oxygens (including phenoxy) is 1. The Morgan fingerprint density at radius 2 is 2.10 bits per heavy atom. The fraction of sp³-hybridized carbons (Fsp3) is 0.0667. The van der Waals surface area contributed by atoms with Crippen LogP contribution in [0.25, 0.3) is 0 Å². The van der Waals surface area contributed by atoms with Crippen LogP contribution in [-0.2, 0) is 0 Å². The topological polar surface area (TPSA) is 62.1 Å². The Labute approximate surface area is 115 Å². The number of nitriles is 1. The molecule has 2 aromatic rings. The number of methoxy groups -OCH3 is 1. The Hall–Kier alpha value is -2.87. The van der Waals surface area contributed by atoms with Gasteiger partial charge in [0.15, 0.2) is 0 Å². The van der Waals surface area contributed by atoms with E-state index < -0.39 is 11.7 Å². The first kappa shape index (κ1) is 13.6. The van der Waals surface area contributed by atoms with E-state index >= 15 is 0 Å². The van der Waals surface area contributed by atoms with Crippen LogP contribution in [0.1, 0.15) is 15.9 Å². The predicted octanol–water partition coefficient (Wildman–Crippen LogP) is 2.96. The molecule has 0 aliphatic carbocycles. The van der Waals surface area contributed by atoms with E-state index in [4.69, 9.17) is 10.00 Å². The number of carbonyl (C=O) groups is 1. The highest BCUT2D eigenvalue weighted by Crippen LogP contribution is 2.25. The number of halogens is 1. The molecule has 0 unspecified atom stereocenters. The molecule has 0 spiro atoms. The van der Waals surface area contributed by atoms with Gasteiger partial charge in [0.1, 0.15) is 11.6 Å². The molecule has 0 heterocycles. The van der Waals surface area contributed by atoms with Gasteiger partial charge in [0.25, 0.3) is 5.91 Å². The molecule has 0 bridgehead atoms. The van der Waals surface area contributed by atoms with Crippen LogP contribution in [0.3, 0.4) is 0 Å². The molecule has 100 valence electrons. The summed E-state index contributed by atoms with van der Waals surface area (Å²) in [7, 11) is 1.44. The molecule has 2 aromatic carbocycles. The minimum Gasteiger partial charge on any atom is -0.495 e. The molecule has 20 heavy (non-hydrogen) atoms. The van der Waals surface area contributed by atoms with Gasteiger partial charge in [0.2, 0.25) is 0 Å². The monoisotopic (exact) mass is 270 g/mol. The second-order valence-corrected chi connectivity index (χ2v) is 3.99. The van der Waals surface area contributed by atoms with Crippen LogP contribution in [0.5, 0.6) is 5.75 Å². The van der Waals surface area contributed by atoms with E-state index in [1.165, 1.54) is 31.4 Å². The Morgan fingerprint density at radius 1 is 1.30 bits per heavy atom. The smallest absolute Gasteiger partial charge is 0.255 e. The van der Waals surface area contributed by atoms with E-state index in [1.807, 2.05) is 6.07 Å². The van der Waals surface area contributed by atoms with Crippen molar-refractivity contribution in [2.24, 2.45) is 0 Å². The van der Waals surface area contributed by atoms with Gasteiger partial charge in [-0.3, -0.25) is 4.79 Å². The van der Waals surface area contributed by atoms with Crippen molar-refractivity contribution in [3.63, 3.8) is 0 Å². The largest absolute Gasteiger partial charge is 0.495 e. The van der Waals surface area contributed by atoms with Gasteiger partial charge >= 0.3 is 0 Å². The lowest BCUT2D eigenvalue weighted by Gasteiger charge is -2.10. The van der Waals surface area contributed by atoms with E-state index in [0.29, 0.717) is 17.0 Å². The fourth-order valence-corrected chi connectivity index (χ4v) is 1.69. The van der Waals surface area contributed by atoms with E-state index in [0.717, 1.165) is 6.07 Å². The summed E-state index contributed by atoms with van der Waals surface area (Å²) in [6.07, 6.45) is 0. The average Bonchev–Trinajstić information content (AvgIpc) is 2.47. The van der Waals surface area contributed by atoms with Crippen LogP contribution in [-0.4, -0.2) is 13.0 Å². The Bertz CT molecular complexity index is 693. The number of nitrogens with one attached hydrogen (secondary N) is 1. The zero-order chi connectivity index (χ0) is 14.5. The fourth-order valence-electron chi connectivity index (χ4n) is 1.69. The molecule has 2 rings (SSSR count). The number of benzene rings is 2. The van der Waals surface area contributed by atoms with Crippen LogP contribution in [0.2, 0.25) is 0 Å². The summed E-state index contributed by atoms with van der Waals surface area (Å²) in [6, 6.07) is 12.0. The minimum absolute atomic E-state index is 0.205. The first-order chi connectivity index (χ1) is 9.63. The number of hydrogen-bond donors (Lipinski definition) is 1. The van der Waals surface area contributed by atoms with Crippen molar-refractivity contribution in [2.75, 3.05) is 12.4 Å². The van der Waals surface area contributed by atoms with Gasteiger partial charge in [0.05, 0.1) is 24.4 Å². The maximum atomic E-state index is 13.1. The lowest BCUT2D eigenvalue weighted by atomic mass is 10.1. The highest BCUT2D eigenvalue weighted by atomic mass is 19.1. The Morgan fingerprint density at radius 3 is 2.75 bits per heavy atom. The number of carbonyl (C=O) groups excluding carboxylic acids is 1. The quantitative estimate of drug-likeness (QED) is 0.932. The normalized spacial score (nSPS) is 9.65. The summed E-state index contributed by atoms with van der Waals surface area (Å²) in [6.45, 7) is 0. The zero-order valence-electron chi connectivity index (χ0n) is 10.7. The van der Waals surface area contributed by atoms with Gasteiger partial charge in [-0.25, -0.2) is 4.39 Å². The number of amides is 1. The molecule has 0 aliphatic rings. The maximum Gasteiger partial charge on any atom is 0.255 e. The van der Waals surface area contributed by atoms with Crippen molar-refractivity contribution >= 4 is 11.6 Å². The summed E-state index contributed by atoms with van der Waals surface area (Å²) in [4.78, 5) is 12.0. The summed E-state index contributed by atoms with van der Waals surface area (Å²) < 4.78 is 18.2. The van der Waals surface area contributed by atoms with Crippen molar-refractivity contribution in [1.82, 2.24) is 0 Å². The highest BCUT2D eigenvalue weighted by Gasteiger charge is 2.11. The molecule has 0 aliphatic heterocycles. The molecule has 0 radical (unpaired) electrons. The van der Waals surface area contributed by atoms with Crippen LogP contribution in [0, 0.1) is 17.1 Å². The van der Waals surface area contributed by atoms with Gasteiger partial charge in [-0.15, -0.1) is 0 Å². The lowest BCUT2D eigenvalue weighted by molar-refractivity contribution is 0.102. The Kier molecular flexibility index (Phi) is 3.96. The molecule has 1 N–H and O–H groups in total. The standard InChI is InChI=1S/C15H11FN2O2/c1-20-14-7-10(9-17)5-6-13(14)18-15(19)11-3-2-4-12(16)8-11/h2-8H,1H3,(H,18,19). The molecule has 1 amide bonds. The van der Waals surface area contributed by atoms with Gasteiger partial charge in [-0.1, -0.05) is 6.07 Å². The molecule has 0 atom stereocenters. The highest BCUT2D eigenvalue weighted by molar-refractivity contribution is 6.05. The van der Waals surface area contributed by atoms with Crippen molar-refractivity contribution in [3.05, 3.63) is 59.4 Å². The van der Waals surface area contributed by atoms with Gasteiger partial charge < -0.3 is 10.1 Å². The molecular formula is C15H11FN2O2. The van der Waals surface area contributed by atoms with E-state index in [2.05, 4.69) is 5.32 Å². The average molecular weight is 270 g/mol. The molecule has 0 aromatic heterocycles. The van der Waals surface area contributed by atoms with Gasteiger partial charge in [-0.2, -0.15) is 5.26 Å². The third kappa shape index (κ3) is 2.93. The number of nitrogens with zero attached hydrogens (tertiary/aromatic N) is 1. The Balaban J connectivity index is 2.26. The van der Waals surface area contributed by atoms with Crippen molar-refractivity contribution in [3.8, 4) is 11.8 Å². The van der Waals surface area contributed by atoms with Crippen LogP contribution in [0.4, 0.5) is 10.1 Å². The molecule has 0 saturated carbocycles. The van der Waals surface area contributed by atoms with E-state index in [-0.39, 0.29) is 5.56 Å².